The molecule has 0 N–H and O–H groups in total. The molecule has 0 aliphatic carbocycles. The standard InChI is InChI=1S/C17H24ClN3O2/c1-5-13(6-2)19-20-14-8-7-12(15(18)9-14)10-21-16(22)17(3,4)11-23-21/h7-9,13H,5-6,10-11H2,1-4H3. The first-order valence-corrected chi connectivity index (χ1v) is 8.39. The SMILES string of the molecule is CCC(CC)N=Nc1ccc(CN2OCC(C)(C)C2=O)c(Cl)c1. The van der Waals surface area contributed by atoms with Crippen molar-refractivity contribution < 1.29 is 9.63 Å². The Labute approximate surface area is 142 Å². The zero-order valence-electron chi connectivity index (χ0n) is 14.2. The molecule has 0 spiro atoms. The van der Waals surface area contributed by atoms with E-state index in [0.29, 0.717) is 18.2 Å². The average molecular weight is 338 g/mol. The van der Waals surface area contributed by atoms with Crippen LogP contribution in [0.1, 0.15) is 46.1 Å². The summed E-state index contributed by atoms with van der Waals surface area (Å²) in [4.78, 5) is 17.6. The van der Waals surface area contributed by atoms with Crippen LogP contribution in [0.25, 0.3) is 0 Å². The lowest BCUT2D eigenvalue weighted by Gasteiger charge is -2.17. The normalized spacial score (nSPS) is 17.7. The van der Waals surface area contributed by atoms with E-state index in [1.165, 1.54) is 5.06 Å². The second-order valence-electron chi connectivity index (χ2n) is 6.46. The van der Waals surface area contributed by atoms with Gasteiger partial charge in [-0.3, -0.25) is 9.63 Å². The average Bonchev–Trinajstić information content (AvgIpc) is 2.77. The first kappa shape index (κ1) is 17.9. The molecule has 1 aliphatic heterocycles. The Morgan fingerprint density at radius 2 is 2.04 bits per heavy atom. The van der Waals surface area contributed by atoms with Crippen LogP contribution in [-0.4, -0.2) is 23.6 Å². The number of carbonyl (C=O) groups excluding carboxylic acids is 1. The maximum absolute atomic E-state index is 12.2. The van der Waals surface area contributed by atoms with Crippen molar-refractivity contribution >= 4 is 23.2 Å². The summed E-state index contributed by atoms with van der Waals surface area (Å²) in [5.74, 6) is -0.0222. The minimum absolute atomic E-state index is 0.0222. The zero-order valence-corrected chi connectivity index (χ0v) is 14.9. The van der Waals surface area contributed by atoms with Gasteiger partial charge in [0.15, 0.2) is 0 Å². The van der Waals surface area contributed by atoms with Gasteiger partial charge in [0, 0.05) is 5.02 Å². The minimum atomic E-state index is -0.476. The third-order valence-corrected chi connectivity index (χ3v) is 4.37. The number of azo groups is 1. The van der Waals surface area contributed by atoms with E-state index in [-0.39, 0.29) is 11.9 Å². The fourth-order valence-electron chi connectivity index (χ4n) is 2.30. The fourth-order valence-corrected chi connectivity index (χ4v) is 2.53. The van der Waals surface area contributed by atoms with Gasteiger partial charge in [0.05, 0.1) is 30.3 Å². The molecule has 1 saturated heterocycles. The Morgan fingerprint density at radius 1 is 1.35 bits per heavy atom. The van der Waals surface area contributed by atoms with Crippen molar-refractivity contribution in [1.82, 2.24) is 5.06 Å². The topological polar surface area (TPSA) is 54.3 Å². The smallest absolute Gasteiger partial charge is 0.254 e. The van der Waals surface area contributed by atoms with Crippen molar-refractivity contribution in [2.24, 2.45) is 15.6 Å². The van der Waals surface area contributed by atoms with Crippen LogP contribution in [0.3, 0.4) is 0 Å². The second-order valence-corrected chi connectivity index (χ2v) is 6.87. The number of rotatable bonds is 6. The number of hydroxylamine groups is 2. The third-order valence-electron chi connectivity index (χ3n) is 4.02. The Morgan fingerprint density at radius 3 is 2.57 bits per heavy atom. The molecule has 6 heteroatoms. The maximum atomic E-state index is 12.2. The van der Waals surface area contributed by atoms with Crippen molar-refractivity contribution in [1.29, 1.82) is 0 Å². The Balaban J connectivity index is 2.07. The minimum Gasteiger partial charge on any atom is -0.272 e. The third kappa shape index (κ3) is 4.30. The molecule has 1 amide bonds. The molecule has 0 aromatic heterocycles. The van der Waals surface area contributed by atoms with Crippen LogP contribution >= 0.6 is 11.6 Å². The highest BCUT2D eigenvalue weighted by atomic mass is 35.5. The van der Waals surface area contributed by atoms with E-state index >= 15 is 0 Å². The number of halogens is 1. The summed E-state index contributed by atoms with van der Waals surface area (Å²) in [6, 6.07) is 5.74. The quantitative estimate of drug-likeness (QED) is 0.692. The number of carbonyl (C=O) groups is 1. The van der Waals surface area contributed by atoms with Crippen molar-refractivity contribution in [3.63, 3.8) is 0 Å². The lowest BCUT2D eigenvalue weighted by molar-refractivity contribution is -0.165. The summed E-state index contributed by atoms with van der Waals surface area (Å²) in [5.41, 5.74) is 1.08. The van der Waals surface area contributed by atoms with E-state index < -0.39 is 5.41 Å². The van der Waals surface area contributed by atoms with Gasteiger partial charge in [-0.25, -0.2) is 5.06 Å². The molecular formula is C17H24ClN3O2. The van der Waals surface area contributed by atoms with E-state index in [0.717, 1.165) is 24.1 Å². The highest BCUT2D eigenvalue weighted by Crippen LogP contribution is 2.30. The predicted molar refractivity (Wildman–Crippen MR) is 90.6 cm³/mol. The summed E-state index contributed by atoms with van der Waals surface area (Å²) in [7, 11) is 0. The summed E-state index contributed by atoms with van der Waals surface area (Å²) in [6.07, 6.45) is 1.94. The molecule has 1 aliphatic rings. The summed E-state index contributed by atoms with van der Waals surface area (Å²) in [6.45, 7) is 8.67. The Bertz CT molecular complexity index is 598. The van der Waals surface area contributed by atoms with E-state index in [9.17, 15) is 4.79 Å². The highest BCUT2D eigenvalue weighted by molar-refractivity contribution is 6.31. The molecule has 2 rings (SSSR count). The molecule has 0 bridgehead atoms. The second kappa shape index (κ2) is 7.41. The lowest BCUT2D eigenvalue weighted by Crippen LogP contribution is -2.30. The molecule has 1 aromatic rings. The maximum Gasteiger partial charge on any atom is 0.254 e. The van der Waals surface area contributed by atoms with E-state index in [1.807, 2.05) is 26.0 Å². The van der Waals surface area contributed by atoms with Crippen molar-refractivity contribution in [3.8, 4) is 0 Å². The number of nitrogens with zero attached hydrogens (tertiary/aromatic N) is 3. The summed E-state index contributed by atoms with van der Waals surface area (Å²) in [5, 5.41) is 10.5. The summed E-state index contributed by atoms with van der Waals surface area (Å²) < 4.78 is 0. The summed E-state index contributed by atoms with van der Waals surface area (Å²) >= 11 is 6.31. The Kier molecular flexibility index (Phi) is 5.76. The van der Waals surface area contributed by atoms with Gasteiger partial charge in [0.2, 0.25) is 0 Å². The molecule has 1 aromatic carbocycles. The predicted octanol–water partition coefficient (Wildman–Crippen LogP) is 4.91. The van der Waals surface area contributed by atoms with Crippen LogP contribution in [0.15, 0.2) is 28.4 Å². The molecule has 0 unspecified atom stereocenters. The molecule has 0 atom stereocenters. The van der Waals surface area contributed by atoms with Gasteiger partial charge in [0.1, 0.15) is 0 Å². The van der Waals surface area contributed by atoms with Crippen LogP contribution < -0.4 is 0 Å². The molecule has 0 radical (unpaired) electrons. The van der Waals surface area contributed by atoms with Gasteiger partial charge < -0.3 is 0 Å². The van der Waals surface area contributed by atoms with Crippen LogP contribution in [0.5, 0.6) is 0 Å². The van der Waals surface area contributed by atoms with Gasteiger partial charge in [-0.2, -0.15) is 10.2 Å². The van der Waals surface area contributed by atoms with Gasteiger partial charge in [0.25, 0.3) is 5.91 Å². The van der Waals surface area contributed by atoms with Gasteiger partial charge in [-0.15, -0.1) is 0 Å². The molecule has 1 fully saturated rings. The first-order chi connectivity index (χ1) is 10.9. The fraction of sp³-hybridized carbons (Fsp3) is 0.588. The first-order valence-electron chi connectivity index (χ1n) is 8.01. The monoisotopic (exact) mass is 337 g/mol. The molecule has 1 heterocycles. The van der Waals surface area contributed by atoms with Crippen molar-refractivity contribution in [2.75, 3.05) is 6.61 Å². The highest BCUT2D eigenvalue weighted by Gasteiger charge is 2.40. The molecular weight excluding hydrogens is 314 g/mol. The van der Waals surface area contributed by atoms with Crippen molar-refractivity contribution in [3.05, 3.63) is 28.8 Å². The number of benzene rings is 1. The van der Waals surface area contributed by atoms with E-state index in [4.69, 9.17) is 16.4 Å². The molecule has 126 valence electrons. The van der Waals surface area contributed by atoms with E-state index in [2.05, 4.69) is 24.1 Å². The molecule has 5 nitrogen and oxygen atoms in total. The largest absolute Gasteiger partial charge is 0.272 e. The molecule has 23 heavy (non-hydrogen) atoms. The zero-order chi connectivity index (χ0) is 17.0. The van der Waals surface area contributed by atoms with Gasteiger partial charge in [-0.05, 0) is 44.4 Å². The van der Waals surface area contributed by atoms with Crippen LogP contribution in [0, 0.1) is 5.41 Å². The van der Waals surface area contributed by atoms with E-state index in [1.54, 1.807) is 6.07 Å². The van der Waals surface area contributed by atoms with Crippen LogP contribution in [-0.2, 0) is 16.2 Å². The van der Waals surface area contributed by atoms with Gasteiger partial charge >= 0.3 is 0 Å². The number of amides is 1. The molecule has 0 saturated carbocycles. The van der Waals surface area contributed by atoms with Crippen LogP contribution in [0.4, 0.5) is 5.69 Å². The number of hydrogen-bond acceptors (Lipinski definition) is 4. The number of hydrogen-bond donors (Lipinski definition) is 0. The Hall–Kier alpha value is -1.46. The van der Waals surface area contributed by atoms with Crippen LogP contribution in [0.2, 0.25) is 5.02 Å². The lowest BCUT2D eigenvalue weighted by atomic mass is 9.95. The van der Waals surface area contributed by atoms with Gasteiger partial charge in [-0.1, -0.05) is 31.5 Å². The van der Waals surface area contributed by atoms with Crippen molar-refractivity contribution in [2.45, 2.75) is 53.1 Å².